The van der Waals surface area contributed by atoms with Crippen LogP contribution in [0.3, 0.4) is 0 Å². The summed E-state index contributed by atoms with van der Waals surface area (Å²) >= 11 is 0. The monoisotopic (exact) mass is 236 g/mol. The van der Waals surface area contributed by atoms with Gasteiger partial charge in [-0.15, -0.1) is 0 Å². The standard InChI is InChI=1S/C12H13FN2O2/c1-8(12(16)17-2)15-7-10-5-9(6-14)3-4-11(10)13/h3-5,8,15H,7H2,1-2H3. The molecule has 0 aliphatic heterocycles. The minimum Gasteiger partial charge on any atom is -0.468 e. The summed E-state index contributed by atoms with van der Waals surface area (Å²) in [5.41, 5.74) is 0.730. The van der Waals surface area contributed by atoms with Crippen molar-refractivity contribution in [2.75, 3.05) is 7.11 Å². The number of esters is 1. The van der Waals surface area contributed by atoms with Crippen molar-refractivity contribution in [3.05, 3.63) is 35.1 Å². The van der Waals surface area contributed by atoms with Gasteiger partial charge < -0.3 is 10.1 Å². The molecule has 0 radical (unpaired) electrons. The van der Waals surface area contributed by atoms with E-state index in [1.165, 1.54) is 25.3 Å². The van der Waals surface area contributed by atoms with Crippen LogP contribution in [-0.2, 0) is 16.1 Å². The van der Waals surface area contributed by atoms with Crippen molar-refractivity contribution in [3.8, 4) is 6.07 Å². The molecule has 0 aliphatic carbocycles. The molecule has 4 nitrogen and oxygen atoms in total. The van der Waals surface area contributed by atoms with E-state index in [9.17, 15) is 9.18 Å². The van der Waals surface area contributed by atoms with Gasteiger partial charge in [0, 0.05) is 12.1 Å². The van der Waals surface area contributed by atoms with Crippen LogP contribution in [-0.4, -0.2) is 19.1 Å². The Labute approximate surface area is 99.0 Å². The summed E-state index contributed by atoms with van der Waals surface area (Å²) < 4.78 is 17.9. The van der Waals surface area contributed by atoms with Gasteiger partial charge in [-0.1, -0.05) is 0 Å². The molecule has 17 heavy (non-hydrogen) atoms. The van der Waals surface area contributed by atoms with Gasteiger partial charge in [0.1, 0.15) is 11.9 Å². The number of rotatable bonds is 4. The van der Waals surface area contributed by atoms with Crippen LogP contribution in [0.1, 0.15) is 18.1 Å². The molecular weight excluding hydrogens is 223 g/mol. The first-order valence-electron chi connectivity index (χ1n) is 5.08. The average Bonchev–Trinajstić information content (AvgIpc) is 2.36. The number of benzene rings is 1. The molecule has 1 N–H and O–H groups in total. The summed E-state index contributed by atoms with van der Waals surface area (Å²) in [6, 6.07) is 5.50. The van der Waals surface area contributed by atoms with Gasteiger partial charge in [-0.25, -0.2) is 4.39 Å². The number of carbonyl (C=O) groups is 1. The zero-order chi connectivity index (χ0) is 12.8. The molecule has 1 rings (SSSR count). The zero-order valence-corrected chi connectivity index (χ0v) is 9.66. The highest BCUT2D eigenvalue weighted by Gasteiger charge is 2.13. The van der Waals surface area contributed by atoms with Crippen molar-refractivity contribution in [1.29, 1.82) is 5.26 Å². The third kappa shape index (κ3) is 3.54. The maximum absolute atomic E-state index is 13.4. The first-order chi connectivity index (χ1) is 8.08. The van der Waals surface area contributed by atoms with E-state index in [-0.39, 0.29) is 6.54 Å². The van der Waals surface area contributed by atoms with Crippen molar-refractivity contribution in [3.63, 3.8) is 0 Å². The Morgan fingerprint density at radius 1 is 1.65 bits per heavy atom. The molecule has 0 fully saturated rings. The second-order valence-corrected chi connectivity index (χ2v) is 3.54. The van der Waals surface area contributed by atoms with Gasteiger partial charge in [0.05, 0.1) is 18.7 Å². The molecule has 1 aromatic carbocycles. The Balaban J connectivity index is 2.69. The predicted octanol–water partition coefficient (Wildman–Crippen LogP) is 1.35. The molecule has 1 atom stereocenters. The predicted molar refractivity (Wildman–Crippen MR) is 59.4 cm³/mol. The highest BCUT2D eigenvalue weighted by atomic mass is 19.1. The number of carbonyl (C=O) groups excluding carboxylic acids is 1. The maximum Gasteiger partial charge on any atom is 0.322 e. The van der Waals surface area contributed by atoms with Crippen molar-refractivity contribution < 1.29 is 13.9 Å². The second-order valence-electron chi connectivity index (χ2n) is 3.54. The number of hydrogen-bond acceptors (Lipinski definition) is 4. The third-order valence-electron chi connectivity index (χ3n) is 2.33. The first-order valence-corrected chi connectivity index (χ1v) is 5.08. The van der Waals surface area contributed by atoms with Crippen molar-refractivity contribution >= 4 is 5.97 Å². The molecular formula is C12H13FN2O2. The largest absolute Gasteiger partial charge is 0.468 e. The van der Waals surface area contributed by atoms with Crippen LogP contribution in [0.5, 0.6) is 0 Å². The molecule has 1 aromatic rings. The fraction of sp³-hybridized carbons (Fsp3) is 0.333. The second kappa shape index (κ2) is 5.97. The number of nitriles is 1. The smallest absolute Gasteiger partial charge is 0.322 e. The summed E-state index contributed by atoms with van der Waals surface area (Å²) in [5.74, 6) is -0.824. The lowest BCUT2D eigenvalue weighted by molar-refractivity contribution is -0.142. The summed E-state index contributed by atoms with van der Waals surface area (Å²) in [6.45, 7) is 1.79. The number of ether oxygens (including phenoxy) is 1. The van der Waals surface area contributed by atoms with E-state index in [2.05, 4.69) is 10.1 Å². The van der Waals surface area contributed by atoms with Crippen LogP contribution in [0.25, 0.3) is 0 Å². The molecule has 90 valence electrons. The maximum atomic E-state index is 13.4. The fourth-order valence-corrected chi connectivity index (χ4v) is 1.30. The number of nitrogens with one attached hydrogen (secondary N) is 1. The van der Waals surface area contributed by atoms with E-state index < -0.39 is 17.8 Å². The fourth-order valence-electron chi connectivity index (χ4n) is 1.30. The third-order valence-corrected chi connectivity index (χ3v) is 2.33. The summed E-state index contributed by atoms with van der Waals surface area (Å²) in [7, 11) is 1.29. The number of methoxy groups -OCH3 is 1. The summed E-state index contributed by atoms with van der Waals surface area (Å²) in [4.78, 5) is 11.1. The van der Waals surface area contributed by atoms with Crippen molar-refractivity contribution in [1.82, 2.24) is 5.32 Å². The summed E-state index contributed by atoms with van der Waals surface area (Å²) in [6.07, 6.45) is 0. The Bertz CT molecular complexity index is 454. The number of hydrogen-bond donors (Lipinski definition) is 1. The quantitative estimate of drug-likeness (QED) is 0.801. The van der Waals surface area contributed by atoms with E-state index >= 15 is 0 Å². The van der Waals surface area contributed by atoms with Gasteiger partial charge in [0.2, 0.25) is 0 Å². The minimum atomic E-state index is -0.523. The Hall–Kier alpha value is -1.93. The van der Waals surface area contributed by atoms with Crippen molar-refractivity contribution in [2.45, 2.75) is 19.5 Å². The number of nitrogens with zero attached hydrogens (tertiary/aromatic N) is 1. The van der Waals surface area contributed by atoms with Crippen LogP contribution in [0, 0.1) is 17.1 Å². The first kappa shape index (κ1) is 13.1. The molecule has 0 aliphatic rings. The highest BCUT2D eigenvalue weighted by molar-refractivity contribution is 5.75. The summed E-state index contributed by atoms with van der Waals surface area (Å²) in [5, 5.41) is 11.5. The van der Waals surface area contributed by atoms with Crippen LogP contribution in [0.4, 0.5) is 4.39 Å². The van der Waals surface area contributed by atoms with Gasteiger partial charge in [-0.05, 0) is 25.1 Å². The lowest BCUT2D eigenvalue weighted by Gasteiger charge is -2.11. The van der Waals surface area contributed by atoms with Gasteiger partial charge in [-0.2, -0.15) is 5.26 Å². The van der Waals surface area contributed by atoms with Crippen LogP contribution >= 0.6 is 0 Å². The Morgan fingerprint density at radius 2 is 2.35 bits per heavy atom. The molecule has 1 unspecified atom stereocenters. The van der Waals surface area contributed by atoms with E-state index in [4.69, 9.17) is 5.26 Å². The molecule has 0 amide bonds. The highest BCUT2D eigenvalue weighted by Crippen LogP contribution is 2.10. The molecule has 0 heterocycles. The van der Waals surface area contributed by atoms with E-state index in [0.717, 1.165) is 0 Å². The van der Waals surface area contributed by atoms with Crippen LogP contribution < -0.4 is 5.32 Å². The lowest BCUT2D eigenvalue weighted by Crippen LogP contribution is -2.34. The molecule has 0 aromatic heterocycles. The van der Waals surface area contributed by atoms with E-state index in [1.54, 1.807) is 6.92 Å². The van der Waals surface area contributed by atoms with Gasteiger partial charge in [-0.3, -0.25) is 4.79 Å². The molecule has 5 heteroatoms. The normalized spacial score (nSPS) is 11.6. The molecule has 0 saturated carbocycles. The minimum absolute atomic E-state index is 0.164. The zero-order valence-electron chi connectivity index (χ0n) is 9.66. The molecule has 0 saturated heterocycles. The van der Waals surface area contributed by atoms with Gasteiger partial charge in [0.15, 0.2) is 0 Å². The Kier molecular flexibility index (Phi) is 4.61. The van der Waals surface area contributed by atoms with Crippen LogP contribution in [0.2, 0.25) is 0 Å². The van der Waals surface area contributed by atoms with E-state index in [1.807, 2.05) is 6.07 Å². The average molecular weight is 236 g/mol. The molecule has 0 bridgehead atoms. The molecule has 0 spiro atoms. The van der Waals surface area contributed by atoms with Crippen molar-refractivity contribution in [2.24, 2.45) is 0 Å². The Morgan fingerprint density at radius 3 is 2.94 bits per heavy atom. The van der Waals surface area contributed by atoms with Gasteiger partial charge in [0.25, 0.3) is 0 Å². The van der Waals surface area contributed by atoms with Gasteiger partial charge >= 0.3 is 5.97 Å². The van der Waals surface area contributed by atoms with Crippen LogP contribution in [0.15, 0.2) is 18.2 Å². The van der Waals surface area contributed by atoms with E-state index in [0.29, 0.717) is 11.1 Å². The topological polar surface area (TPSA) is 62.1 Å². The SMILES string of the molecule is COC(=O)C(C)NCc1cc(C#N)ccc1F. The number of halogens is 1. The lowest BCUT2D eigenvalue weighted by atomic mass is 10.1.